The lowest BCUT2D eigenvalue weighted by atomic mass is 10.2. The molecule has 0 saturated carbocycles. The summed E-state index contributed by atoms with van der Waals surface area (Å²) in [5.41, 5.74) is 0.176. The Balaban J connectivity index is 2.68. The van der Waals surface area contributed by atoms with Crippen LogP contribution in [0, 0.1) is 5.92 Å². The number of ether oxygens (including phenoxy) is 1. The van der Waals surface area contributed by atoms with Crippen molar-refractivity contribution < 1.29 is 19.4 Å². The zero-order chi connectivity index (χ0) is 11.4. The van der Waals surface area contributed by atoms with Gasteiger partial charge in [-0.15, -0.1) is 0 Å². The number of hydrogen-bond acceptors (Lipinski definition) is 4. The van der Waals surface area contributed by atoms with Crippen molar-refractivity contribution in [1.82, 2.24) is 9.78 Å². The minimum Gasteiger partial charge on any atom is -0.481 e. The second-order valence-electron chi connectivity index (χ2n) is 3.15. The van der Waals surface area contributed by atoms with E-state index in [1.165, 1.54) is 17.9 Å². The third-order valence-corrected chi connectivity index (χ3v) is 1.92. The number of carbonyl (C=O) groups is 2. The Hall–Kier alpha value is -1.85. The standard InChI is InChI=1S/C9H12N2O4/c1-6(8(12)13)5-11-4-3-7(10-11)9(14)15-2/h3-4,6H,5H2,1-2H3,(H,12,13)/t6-/m0/s1. The van der Waals surface area contributed by atoms with Crippen LogP contribution in [0.15, 0.2) is 12.3 Å². The molecule has 82 valence electrons. The van der Waals surface area contributed by atoms with Gasteiger partial charge in [-0.2, -0.15) is 5.10 Å². The molecule has 15 heavy (non-hydrogen) atoms. The molecule has 0 aromatic carbocycles. The first kappa shape index (κ1) is 11.2. The summed E-state index contributed by atoms with van der Waals surface area (Å²) in [5, 5.41) is 12.6. The molecule has 1 atom stereocenters. The van der Waals surface area contributed by atoms with Crippen LogP contribution in [0.3, 0.4) is 0 Å². The van der Waals surface area contributed by atoms with Gasteiger partial charge in [0.2, 0.25) is 0 Å². The van der Waals surface area contributed by atoms with Crippen LogP contribution in [0.5, 0.6) is 0 Å². The Morgan fingerprint density at radius 3 is 2.87 bits per heavy atom. The summed E-state index contributed by atoms with van der Waals surface area (Å²) in [6.45, 7) is 1.80. The molecule has 0 radical (unpaired) electrons. The Bertz CT molecular complexity index is 372. The maximum absolute atomic E-state index is 11.0. The summed E-state index contributed by atoms with van der Waals surface area (Å²) < 4.78 is 5.88. The highest BCUT2D eigenvalue weighted by atomic mass is 16.5. The minimum atomic E-state index is -0.898. The van der Waals surface area contributed by atoms with E-state index in [1.807, 2.05) is 0 Å². The van der Waals surface area contributed by atoms with Crippen molar-refractivity contribution in [1.29, 1.82) is 0 Å². The average molecular weight is 212 g/mol. The molecule has 6 nitrogen and oxygen atoms in total. The monoisotopic (exact) mass is 212 g/mol. The van der Waals surface area contributed by atoms with Crippen molar-refractivity contribution in [2.24, 2.45) is 5.92 Å². The number of methoxy groups -OCH3 is 1. The second kappa shape index (κ2) is 4.59. The molecule has 6 heteroatoms. The van der Waals surface area contributed by atoms with Crippen LogP contribution in [0.25, 0.3) is 0 Å². The molecule has 1 aromatic heterocycles. The first-order valence-corrected chi connectivity index (χ1v) is 4.39. The number of hydrogen-bond donors (Lipinski definition) is 1. The molecular weight excluding hydrogens is 200 g/mol. The molecule has 0 spiro atoms. The van der Waals surface area contributed by atoms with Gasteiger partial charge in [0.15, 0.2) is 5.69 Å². The third kappa shape index (κ3) is 2.80. The molecule has 0 aliphatic carbocycles. The number of carboxylic acids is 1. The number of esters is 1. The quantitative estimate of drug-likeness (QED) is 0.730. The molecule has 0 amide bonds. The van der Waals surface area contributed by atoms with Gasteiger partial charge in [0.05, 0.1) is 19.6 Å². The average Bonchev–Trinajstić information content (AvgIpc) is 2.65. The van der Waals surface area contributed by atoms with Gasteiger partial charge in [-0.25, -0.2) is 4.79 Å². The van der Waals surface area contributed by atoms with Gasteiger partial charge in [-0.3, -0.25) is 9.48 Å². The van der Waals surface area contributed by atoms with Gasteiger partial charge in [0.25, 0.3) is 0 Å². The van der Waals surface area contributed by atoms with E-state index in [0.717, 1.165) is 0 Å². The van der Waals surface area contributed by atoms with Gasteiger partial charge < -0.3 is 9.84 Å². The Labute approximate surface area is 86.5 Å². The second-order valence-corrected chi connectivity index (χ2v) is 3.15. The smallest absolute Gasteiger partial charge is 0.358 e. The number of nitrogens with zero attached hydrogens (tertiary/aromatic N) is 2. The fraction of sp³-hybridized carbons (Fsp3) is 0.444. The molecule has 0 bridgehead atoms. The van der Waals surface area contributed by atoms with Gasteiger partial charge in [-0.05, 0) is 6.07 Å². The summed E-state index contributed by atoms with van der Waals surface area (Å²) in [6.07, 6.45) is 1.55. The maximum atomic E-state index is 11.0. The summed E-state index contributed by atoms with van der Waals surface area (Å²) in [5.74, 6) is -1.97. The van der Waals surface area contributed by atoms with E-state index in [1.54, 1.807) is 13.1 Å². The molecule has 0 aliphatic heterocycles. The molecule has 0 aliphatic rings. The predicted octanol–water partition coefficient (Wildman–Crippen LogP) is 0.390. The SMILES string of the molecule is COC(=O)c1ccn(C[C@H](C)C(=O)O)n1. The Morgan fingerprint density at radius 2 is 2.33 bits per heavy atom. The van der Waals surface area contributed by atoms with Crippen LogP contribution in [0.4, 0.5) is 0 Å². The maximum Gasteiger partial charge on any atom is 0.358 e. The molecular formula is C9H12N2O4. The van der Waals surface area contributed by atoms with Gasteiger partial charge in [-0.1, -0.05) is 6.92 Å². The number of carboxylic acid groups (broad SMARTS) is 1. The van der Waals surface area contributed by atoms with Gasteiger partial charge in [0, 0.05) is 6.20 Å². The first-order valence-electron chi connectivity index (χ1n) is 4.39. The number of aliphatic carboxylic acids is 1. The van der Waals surface area contributed by atoms with Crippen molar-refractivity contribution in [3.8, 4) is 0 Å². The van der Waals surface area contributed by atoms with Crippen LogP contribution < -0.4 is 0 Å². The van der Waals surface area contributed by atoms with Crippen molar-refractivity contribution in [3.05, 3.63) is 18.0 Å². The highest BCUT2D eigenvalue weighted by molar-refractivity contribution is 5.86. The van der Waals surface area contributed by atoms with Crippen molar-refractivity contribution in [3.63, 3.8) is 0 Å². The van der Waals surface area contributed by atoms with Crippen LogP contribution in [0.2, 0.25) is 0 Å². The van der Waals surface area contributed by atoms with Crippen LogP contribution in [-0.4, -0.2) is 33.9 Å². The minimum absolute atomic E-state index is 0.176. The van der Waals surface area contributed by atoms with Crippen LogP contribution in [-0.2, 0) is 16.1 Å². The molecule has 1 rings (SSSR count). The molecule has 0 fully saturated rings. The fourth-order valence-electron chi connectivity index (χ4n) is 1.04. The fourth-order valence-corrected chi connectivity index (χ4v) is 1.04. The predicted molar refractivity (Wildman–Crippen MR) is 50.4 cm³/mol. The van der Waals surface area contributed by atoms with Gasteiger partial charge in [0.1, 0.15) is 0 Å². The molecule has 1 N–H and O–H groups in total. The van der Waals surface area contributed by atoms with E-state index in [9.17, 15) is 9.59 Å². The van der Waals surface area contributed by atoms with Crippen LogP contribution >= 0.6 is 0 Å². The van der Waals surface area contributed by atoms with E-state index >= 15 is 0 Å². The Kier molecular flexibility index (Phi) is 3.43. The van der Waals surface area contributed by atoms with E-state index in [-0.39, 0.29) is 12.2 Å². The highest BCUT2D eigenvalue weighted by Crippen LogP contribution is 2.03. The lowest BCUT2D eigenvalue weighted by Gasteiger charge is -2.05. The molecule has 0 unspecified atom stereocenters. The Morgan fingerprint density at radius 1 is 1.67 bits per heavy atom. The number of aromatic nitrogens is 2. The normalized spacial score (nSPS) is 12.1. The van der Waals surface area contributed by atoms with Crippen LogP contribution in [0.1, 0.15) is 17.4 Å². The van der Waals surface area contributed by atoms with Gasteiger partial charge >= 0.3 is 11.9 Å². The van der Waals surface area contributed by atoms with Crippen molar-refractivity contribution >= 4 is 11.9 Å². The van der Waals surface area contributed by atoms with E-state index < -0.39 is 17.9 Å². The van der Waals surface area contributed by atoms with Crippen molar-refractivity contribution in [2.75, 3.05) is 7.11 Å². The number of carbonyl (C=O) groups excluding carboxylic acids is 1. The van der Waals surface area contributed by atoms with E-state index in [2.05, 4.69) is 9.84 Å². The van der Waals surface area contributed by atoms with Crippen molar-refractivity contribution in [2.45, 2.75) is 13.5 Å². The summed E-state index contributed by atoms with van der Waals surface area (Å²) in [7, 11) is 1.27. The molecule has 0 saturated heterocycles. The summed E-state index contributed by atoms with van der Waals surface area (Å²) in [6, 6.07) is 1.49. The molecule has 1 heterocycles. The topological polar surface area (TPSA) is 81.4 Å². The summed E-state index contributed by atoms with van der Waals surface area (Å²) >= 11 is 0. The van der Waals surface area contributed by atoms with E-state index in [4.69, 9.17) is 5.11 Å². The lowest BCUT2D eigenvalue weighted by Crippen LogP contribution is -2.17. The number of rotatable bonds is 4. The third-order valence-electron chi connectivity index (χ3n) is 1.92. The molecule has 1 aromatic rings. The van der Waals surface area contributed by atoms with E-state index in [0.29, 0.717) is 0 Å². The zero-order valence-corrected chi connectivity index (χ0v) is 8.51. The summed E-state index contributed by atoms with van der Waals surface area (Å²) in [4.78, 5) is 21.6. The lowest BCUT2D eigenvalue weighted by molar-refractivity contribution is -0.141. The largest absolute Gasteiger partial charge is 0.481 e. The zero-order valence-electron chi connectivity index (χ0n) is 8.51. The first-order chi connectivity index (χ1) is 7.04. The highest BCUT2D eigenvalue weighted by Gasteiger charge is 2.14.